The Morgan fingerprint density at radius 3 is 2.18 bits per heavy atom. The van der Waals surface area contributed by atoms with Crippen LogP contribution in [0.1, 0.15) is 58.8 Å². The van der Waals surface area contributed by atoms with Crippen LogP contribution in [0.25, 0.3) is 0 Å². The molecule has 0 amide bonds. The van der Waals surface area contributed by atoms with Crippen molar-refractivity contribution < 1.29 is 16.6 Å². The molecule has 0 aromatic rings. The molecule has 0 radical (unpaired) electrons. The Morgan fingerprint density at radius 1 is 0.929 bits per heavy atom. The van der Waals surface area contributed by atoms with Crippen LogP contribution >= 0.6 is 24.8 Å². The predicted molar refractivity (Wildman–Crippen MR) is 127 cm³/mol. The Balaban J connectivity index is 0.00000140. The summed E-state index contributed by atoms with van der Waals surface area (Å²) in [4.78, 5) is 0. The van der Waals surface area contributed by atoms with E-state index >= 15 is 0 Å². The zero-order valence-electron chi connectivity index (χ0n) is 18.0. The van der Waals surface area contributed by atoms with Gasteiger partial charge in [0.1, 0.15) is 0 Å². The SMILES string of the molecule is CCC1=CC[C]([Ti]([CH]2C3C=CC=CC3C3CCCCC32)=[Si](C)C)=C1CC.Cl.Cl. The Morgan fingerprint density at radius 2 is 1.57 bits per heavy atom. The second-order valence-corrected chi connectivity index (χ2v) is 21.3. The van der Waals surface area contributed by atoms with Crippen molar-refractivity contribution in [1.29, 1.82) is 0 Å². The molecule has 2 fully saturated rings. The van der Waals surface area contributed by atoms with Crippen LogP contribution in [-0.2, 0) is 16.6 Å². The summed E-state index contributed by atoms with van der Waals surface area (Å²) in [5, 5.41) is 0. The maximum atomic E-state index is 2.68. The number of rotatable bonds is 4. The maximum absolute atomic E-state index is 2.68. The first kappa shape index (κ1) is 24.7. The minimum absolute atomic E-state index is 0. The first-order valence-electron chi connectivity index (χ1n) is 11.1. The average Bonchev–Trinajstić information content (AvgIpc) is 3.22. The van der Waals surface area contributed by atoms with E-state index in [9.17, 15) is 0 Å². The molecular formula is C24H38Cl2SiTi. The summed E-state index contributed by atoms with van der Waals surface area (Å²) >= 11 is -1.24. The molecule has 5 atom stereocenters. The molecule has 4 rings (SSSR count). The number of fused-ring (bicyclic) bond motifs is 3. The summed E-state index contributed by atoms with van der Waals surface area (Å²) in [6.45, 7) is 10.1. The molecule has 0 aromatic heterocycles. The van der Waals surface area contributed by atoms with Crippen molar-refractivity contribution in [2.75, 3.05) is 0 Å². The van der Waals surface area contributed by atoms with Gasteiger partial charge in [0.2, 0.25) is 0 Å². The van der Waals surface area contributed by atoms with Gasteiger partial charge >= 0.3 is 168 Å². The van der Waals surface area contributed by atoms with Gasteiger partial charge in [0.25, 0.3) is 0 Å². The second kappa shape index (κ2) is 10.7. The molecule has 0 spiro atoms. The molecule has 2 saturated carbocycles. The van der Waals surface area contributed by atoms with Crippen molar-refractivity contribution in [2.45, 2.75) is 76.1 Å². The largest absolute Gasteiger partial charge is 0.147 e. The summed E-state index contributed by atoms with van der Waals surface area (Å²) in [7, 11) is 0. The first-order valence-corrected chi connectivity index (χ1v) is 17.6. The molecule has 0 bridgehead atoms. The predicted octanol–water partition coefficient (Wildman–Crippen LogP) is 8.07. The molecule has 28 heavy (non-hydrogen) atoms. The third-order valence-corrected chi connectivity index (χ3v) is 20.6. The molecule has 0 aliphatic heterocycles. The molecule has 0 aromatic carbocycles. The topological polar surface area (TPSA) is 0 Å². The molecule has 4 aliphatic carbocycles. The van der Waals surface area contributed by atoms with E-state index in [-0.39, 0.29) is 31.0 Å². The Hall–Kier alpha value is 0.471. The molecule has 0 heterocycles. The maximum Gasteiger partial charge on any atom is -0.147 e. The summed E-state index contributed by atoms with van der Waals surface area (Å²) in [6, 6.07) is 0. The molecule has 156 valence electrons. The quantitative estimate of drug-likeness (QED) is 0.362. The summed E-state index contributed by atoms with van der Waals surface area (Å²) < 4.78 is 3.12. The van der Waals surface area contributed by atoms with Gasteiger partial charge in [0.05, 0.1) is 0 Å². The fourth-order valence-corrected chi connectivity index (χ4v) is 21.3. The normalized spacial score (nSPS) is 32.9. The van der Waals surface area contributed by atoms with E-state index in [2.05, 4.69) is 57.3 Å². The monoisotopic (exact) mass is 472 g/mol. The molecular weight excluding hydrogens is 435 g/mol. The van der Waals surface area contributed by atoms with Crippen LogP contribution in [0, 0.1) is 23.7 Å². The van der Waals surface area contributed by atoms with E-state index in [0.717, 1.165) is 27.9 Å². The minimum atomic E-state index is -1.24. The summed E-state index contributed by atoms with van der Waals surface area (Å²) in [6.07, 6.45) is 22.4. The molecule has 0 nitrogen and oxygen atoms in total. The van der Waals surface area contributed by atoms with Gasteiger partial charge in [0, 0.05) is 0 Å². The molecule has 0 saturated heterocycles. The minimum Gasteiger partial charge on any atom is -0.147 e. The fraction of sp³-hybridized carbons (Fsp3) is 0.667. The van der Waals surface area contributed by atoms with Gasteiger partial charge in [-0.1, -0.05) is 0 Å². The van der Waals surface area contributed by atoms with Gasteiger partial charge in [-0.15, -0.1) is 24.8 Å². The molecule has 0 N–H and O–H groups in total. The van der Waals surface area contributed by atoms with Gasteiger partial charge in [-0.3, -0.25) is 0 Å². The van der Waals surface area contributed by atoms with Crippen molar-refractivity contribution in [3.63, 3.8) is 0 Å². The third-order valence-electron chi connectivity index (χ3n) is 7.70. The van der Waals surface area contributed by atoms with Crippen LogP contribution in [0.4, 0.5) is 0 Å². The van der Waals surface area contributed by atoms with Crippen molar-refractivity contribution in [3.8, 4) is 0 Å². The summed E-state index contributed by atoms with van der Waals surface area (Å²) in [5.41, 5.74) is 3.55. The van der Waals surface area contributed by atoms with Crippen molar-refractivity contribution in [1.82, 2.24) is 0 Å². The molecule has 4 aliphatic rings. The zero-order valence-corrected chi connectivity index (χ0v) is 22.2. The Kier molecular flexibility index (Phi) is 9.43. The van der Waals surface area contributed by atoms with E-state index in [4.69, 9.17) is 0 Å². The Bertz CT molecular complexity index is 727. The third kappa shape index (κ3) is 4.26. The van der Waals surface area contributed by atoms with E-state index in [1.807, 2.05) is 9.45 Å². The van der Waals surface area contributed by atoms with Crippen LogP contribution in [0.5, 0.6) is 0 Å². The summed E-state index contributed by atoms with van der Waals surface area (Å²) in [5.74, 6) is 3.83. The van der Waals surface area contributed by atoms with E-state index < -0.39 is 16.6 Å². The van der Waals surface area contributed by atoms with Gasteiger partial charge in [-0.2, -0.15) is 0 Å². The van der Waals surface area contributed by atoms with Crippen LogP contribution < -0.4 is 0 Å². The van der Waals surface area contributed by atoms with E-state index in [0.29, 0.717) is 0 Å². The zero-order chi connectivity index (χ0) is 18.3. The van der Waals surface area contributed by atoms with E-state index in [1.54, 1.807) is 12.0 Å². The van der Waals surface area contributed by atoms with Crippen LogP contribution in [0.3, 0.4) is 0 Å². The number of hydrogen-bond acceptors (Lipinski definition) is 0. The Labute approximate surface area is 191 Å². The average molecular weight is 473 g/mol. The van der Waals surface area contributed by atoms with Crippen LogP contribution in [0.15, 0.2) is 45.4 Å². The van der Waals surface area contributed by atoms with Crippen molar-refractivity contribution >= 4 is 31.0 Å². The first-order chi connectivity index (χ1) is 12.7. The van der Waals surface area contributed by atoms with Crippen LogP contribution in [-0.4, -0.2) is 6.19 Å². The number of hydrogen-bond donors (Lipinski definition) is 0. The fourth-order valence-electron chi connectivity index (χ4n) is 6.81. The van der Waals surface area contributed by atoms with Crippen LogP contribution in [0.2, 0.25) is 17.3 Å². The number of halogens is 2. The molecule has 4 heteroatoms. The van der Waals surface area contributed by atoms with Gasteiger partial charge < -0.3 is 0 Å². The smallest absolute Gasteiger partial charge is 0.147 e. The van der Waals surface area contributed by atoms with Gasteiger partial charge in [0.15, 0.2) is 0 Å². The molecule has 5 unspecified atom stereocenters. The van der Waals surface area contributed by atoms with Gasteiger partial charge in [-0.25, -0.2) is 0 Å². The van der Waals surface area contributed by atoms with E-state index in [1.165, 1.54) is 38.5 Å². The van der Waals surface area contributed by atoms with Gasteiger partial charge in [-0.05, 0) is 0 Å². The second-order valence-electron chi connectivity index (χ2n) is 9.07. The number of allylic oxidation sites excluding steroid dienone is 8. The standard InChI is InChI=1S/C13H17.C9H13.C2H6Si.2ClH.Ti/c1-3-7-12-10(5-1)9-11-6-2-4-8-13(11)12;1-3-8-6-5-7-9(8)4-2;1-3-2;;;/h1,3,5,7,9-13H,2,4,6,8H2;6H,3-5H2,1-2H3;1-2H3;2*1H;. The van der Waals surface area contributed by atoms with Crippen molar-refractivity contribution in [2.24, 2.45) is 23.7 Å². The van der Waals surface area contributed by atoms with Crippen molar-refractivity contribution in [3.05, 3.63) is 45.4 Å².